The van der Waals surface area contributed by atoms with Gasteiger partial charge in [-0.3, -0.25) is 14.6 Å². The van der Waals surface area contributed by atoms with E-state index in [1.165, 1.54) is 6.07 Å². The number of benzene rings is 1. The maximum Gasteiger partial charge on any atom is 0.243 e. The fourth-order valence-electron chi connectivity index (χ4n) is 5.30. The van der Waals surface area contributed by atoms with Crippen molar-refractivity contribution in [3.8, 4) is 5.69 Å². The molecule has 0 spiro atoms. The highest BCUT2D eigenvalue weighted by Crippen LogP contribution is 2.41. The van der Waals surface area contributed by atoms with Crippen LogP contribution in [-0.4, -0.2) is 72.6 Å². The van der Waals surface area contributed by atoms with Gasteiger partial charge in [-0.15, -0.1) is 0 Å². The molecule has 0 bridgehead atoms. The summed E-state index contributed by atoms with van der Waals surface area (Å²) in [6.45, 7) is 2.42. The lowest BCUT2D eigenvalue weighted by Crippen LogP contribution is -2.41. The van der Waals surface area contributed by atoms with Crippen molar-refractivity contribution in [2.24, 2.45) is 5.41 Å². The molecule has 0 unspecified atom stereocenters. The van der Waals surface area contributed by atoms with Crippen LogP contribution in [0.3, 0.4) is 0 Å². The van der Waals surface area contributed by atoms with E-state index in [1.54, 1.807) is 46.1 Å². The number of anilines is 1. The first-order valence-corrected chi connectivity index (χ1v) is 12.8. The summed E-state index contributed by atoms with van der Waals surface area (Å²) in [6, 6.07) is 6.75. The minimum Gasteiger partial charge on any atom is -0.351 e. The average Bonchev–Trinajstić information content (AvgIpc) is 3.54. The zero-order chi connectivity index (χ0) is 25.9. The van der Waals surface area contributed by atoms with E-state index in [9.17, 15) is 14.0 Å². The third-order valence-electron chi connectivity index (χ3n) is 7.28. The Hall–Kier alpha value is -3.67. The number of hydrogen-bond donors (Lipinski definition) is 1. The number of amides is 2. The van der Waals surface area contributed by atoms with E-state index in [-0.39, 0.29) is 24.4 Å². The van der Waals surface area contributed by atoms with E-state index in [0.717, 1.165) is 6.42 Å². The molecule has 2 atom stereocenters. The fraction of sp³-hybridized carbons (Fsp3) is 0.360. The number of carbonyl (C=O) groups is 2. The van der Waals surface area contributed by atoms with Gasteiger partial charge in [0.1, 0.15) is 16.7 Å². The Bertz CT molecular complexity index is 1580. The number of halogens is 2. The Kier molecular flexibility index (Phi) is 5.59. The number of likely N-dealkylation sites (N-methyl/N-ethyl adjacent to an activating group) is 1. The lowest BCUT2D eigenvalue weighted by molar-refractivity contribution is -0.140. The Morgan fingerprint density at radius 3 is 2.92 bits per heavy atom. The molecule has 0 radical (unpaired) electrons. The van der Waals surface area contributed by atoms with Crippen LogP contribution in [0.4, 0.5) is 10.3 Å². The van der Waals surface area contributed by atoms with Gasteiger partial charge in [0, 0.05) is 42.4 Å². The van der Waals surface area contributed by atoms with E-state index in [0.29, 0.717) is 57.7 Å². The summed E-state index contributed by atoms with van der Waals surface area (Å²) in [5.74, 6) is -0.0831. The monoisotopic (exact) mass is 566 g/mol. The van der Waals surface area contributed by atoms with Crippen molar-refractivity contribution in [3.05, 3.63) is 47.1 Å². The zero-order valence-corrected chi connectivity index (χ0v) is 21.9. The molecule has 3 aromatic heterocycles. The Balaban J connectivity index is 1.26. The third-order valence-corrected chi connectivity index (χ3v) is 7.87. The van der Waals surface area contributed by atoms with Gasteiger partial charge in [-0.1, -0.05) is 13.0 Å². The molecule has 1 aromatic carbocycles. The number of aromatic nitrogens is 5. The van der Waals surface area contributed by atoms with Gasteiger partial charge in [0.15, 0.2) is 11.5 Å². The summed E-state index contributed by atoms with van der Waals surface area (Å²) >= 11 is 3.46. The number of nitrogens with one attached hydrogen (secondary N) is 1. The second-order valence-corrected chi connectivity index (χ2v) is 10.8. The molecule has 190 valence electrons. The smallest absolute Gasteiger partial charge is 0.243 e. The number of pyridine rings is 1. The molecule has 1 saturated heterocycles. The quantitative estimate of drug-likeness (QED) is 0.402. The van der Waals surface area contributed by atoms with E-state index < -0.39 is 11.2 Å². The van der Waals surface area contributed by atoms with Crippen molar-refractivity contribution in [3.63, 3.8) is 0 Å². The van der Waals surface area contributed by atoms with Crippen molar-refractivity contribution >= 4 is 55.6 Å². The highest BCUT2D eigenvalue weighted by atomic mass is 79.9. The Morgan fingerprint density at radius 1 is 1.30 bits per heavy atom. The van der Waals surface area contributed by atoms with E-state index in [4.69, 9.17) is 4.98 Å². The summed E-state index contributed by atoms with van der Waals surface area (Å²) in [7, 11) is 1.71. The van der Waals surface area contributed by atoms with Crippen molar-refractivity contribution < 1.29 is 14.0 Å². The van der Waals surface area contributed by atoms with Crippen LogP contribution in [0.25, 0.3) is 27.6 Å². The number of carbonyl (C=O) groups excluding carboxylic acids is 2. The van der Waals surface area contributed by atoms with Gasteiger partial charge in [0.2, 0.25) is 17.8 Å². The lowest BCUT2D eigenvalue weighted by Gasteiger charge is -2.28. The highest BCUT2D eigenvalue weighted by molar-refractivity contribution is 9.10. The van der Waals surface area contributed by atoms with Gasteiger partial charge < -0.3 is 15.1 Å². The van der Waals surface area contributed by atoms with Crippen LogP contribution in [0.1, 0.15) is 26.2 Å². The summed E-state index contributed by atoms with van der Waals surface area (Å²) in [4.78, 5) is 41.6. The van der Waals surface area contributed by atoms with E-state index >= 15 is 0 Å². The summed E-state index contributed by atoms with van der Waals surface area (Å²) in [6.07, 6.45) is 5.30. The van der Waals surface area contributed by atoms with Crippen LogP contribution in [0, 0.1) is 11.2 Å². The van der Waals surface area contributed by atoms with Crippen molar-refractivity contribution in [2.45, 2.75) is 32.2 Å². The molecule has 1 aliphatic heterocycles. The maximum absolute atomic E-state index is 14.8. The number of fused-ring (bicyclic) bond motifs is 2. The Labute approximate surface area is 220 Å². The van der Waals surface area contributed by atoms with Gasteiger partial charge in [0.05, 0.1) is 17.7 Å². The van der Waals surface area contributed by atoms with Crippen LogP contribution < -0.4 is 5.32 Å². The first-order chi connectivity index (χ1) is 17.7. The van der Waals surface area contributed by atoms with Crippen molar-refractivity contribution in [1.29, 1.82) is 0 Å². The molecule has 10 nitrogen and oxygen atoms in total. The van der Waals surface area contributed by atoms with Gasteiger partial charge in [-0.05, 0) is 47.3 Å². The van der Waals surface area contributed by atoms with Gasteiger partial charge in [-0.2, -0.15) is 10.1 Å². The molecule has 2 amide bonds. The molecule has 4 heterocycles. The molecule has 2 fully saturated rings. The molecule has 12 heteroatoms. The first kappa shape index (κ1) is 23.7. The molecule has 2 aliphatic rings. The number of nitrogens with zero attached hydrogens (tertiary/aromatic N) is 7. The number of rotatable bonds is 4. The maximum atomic E-state index is 14.8. The summed E-state index contributed by atoms with van der Waals surface area (Å²) in [5, 5.41) is 9.23. The molecule has 1 N–H and O–H groups in total. The minimum atomic E-state index is -0.561. The van der Waals surface area contributed by atoms with E-state index in [2.05, 4.69) is 36.3 Å². The topological polar surface area (TPSA) is 109 Å². The van der Waals surface area contributed by atoms with Gasteiger partial charge in [0.25, 0.3) is 0 Å². The highest BCUT2D eigenvalue weighted by Gasteiger charge is 2.45. The van der Waals surface area contributed by atoms with Crippen LogP contribution in [-0.2, 0) is 9.59 Å². The first-order valence-electron chi connectivity index (χ1n) is 12.0. The van der Waals surface area contributed by atoms with Crippen LogP contribution in [0.15, 0.2) is 41.3 Å². The molecule has 37 heavy (non-hydrogen) atoms. The second-order valence-electron chi connectivity index (χ2n) is 10.0. The molecule has 6 rings (SSSR count). The Morgan fingerprint density at radius 2 is 2.14 bits per heavy atom. The van der Waals surface area contributed by atoms with Crippen molar-refractivity contribution in [2.75, 3.05) is 25.6 Å². The van der Waals surface area contributed by atoms with Crippen molar-refractivity contribution in [1.82, 2.24) is 34.5 Å². The van der Waals surface area contributed by atoms with Crippen LogP contribution >= 0.6 is 15.9 Å². The second kappa shape index (κ2) is 8.72. The third kappa shape index (κ3) is 4.08. The fourth-order valence-corrected chi connectivity index (χ4v) is 5.74. The lowest BCUT2D eigenvalue weighted by atomic mass is 9.87. The van der Waals surface area contributed by atoms with Crippen LogP contribution in [0.2, 0.25) is 0 Å². The van der Waals surface area contributed by atoms with Crippen LogP contribution in [0.5, 0.6) is 0 Å². The molecular formula is C25H24BrFN8O2. The normalized spacial score (nSPS) is 21.9. The average molecular weight is 567 g/mol. The molecular weight excluding hydrogens is 543 g/mol. The minimum absolute atomic E-state index is 0.000646. The standard InChI is InChI=1S/C25H24BrFN8O2/c1-25(23(37)34-12-19(36)33(2)13-34)6-5-15(10-25)30-24-29-11-17-21(26)32-35(22(17)31-24)16-8-14-4-3-7-28-20(14)18(27)9-16/h3-4,7-9,11,15H,5-6,10,12-13H2,1-2H3,(H,29,30,31)/t15-,25-/m1/s1. The van der Waals surface area contributed by atoms with E-state index in [1.807, 2.05) is 13.0 Å². The molecule has 1 saturated carbocycles. The number of hydrogen-bond acceptors (Lipinski definition) is 7. The summed E-state index contributed by atoms with van der Waals surface area (Å²) in [5.41, 5.74) is 0.766. The SMILES string of the molecule is CN1CN(C(=O)[C@]2(C)CC[C@@H](Nc3ncc4c(Br)nn(-c5cc(F)c6ncccc6c5)c4n3)C2)CC1=O. The predicted molar refractivity (Wildman–Crippen MR) is 138 cm³/mol. The molecule has 1 aliphatic carbocycles. The van der Waals surface area contributed by atoms with Gasteiger partial charge >= 0.3 is 0 Å². The van der Waals surface area contributed by atoms with Gasteiger partial charge in [-0.25, -0.2) is 14.1 Å². The zero-order valence-electron chi connectivity index (χ0n) is 20.3. The molecule has 4 aromatic rings. The predicted octanol–water partition coefficient (Wildman–Crippen LogP) is 3.49. The summed E-state index contributed by atoms with van der Waals surface area (Å²) < 4.78 is 16.9. The largest absolute Gasteiger partial charge is 0.351 e.